The Bertz CT molecular complexity index is 830. The van der Waals surface area contributed by atoms with E-state index >= 15 is 0 Å². The maximum Gasteiger partial charge on any atom is 0.276 e. The van der Waals surface area contributed by atoms with E-state index < -0.39 is 0 Å². The van der Waals surface area contributed by atoms with Gasteiger partial charge in [0.15, 0.2) is 16.8 Å². The second kappa shape index (κ2) is 4.64. The number of hydrogen-bond donors (Lipinski definition) is 3. The highest BCUT2D eigenvalue weighted by Crippen LogP contribution is 1.99. The largest absolute Gasteiger partial charge is 0.342 e. The van der Waals surface area contributed by atoms with Crippen molar-refractivity contribution in [2.24, 2.45) is 0 Å². The van der Waals surface area contributed by atoms with Crippen molar-refractivity contribution in [1.29, 1.82) is 0 Å². The first-order chi connectivity index (χ1) is 9.34. The molecular formula is C10H8N8O. The number of imidazole rings is 2. The number of nitrogens with one attached hydrogen (secondary N) is 3. The van der Waals surface area contributed by atoms with Crippen LogP contribution in [0.25, 0.3) is 22.3 Å². The van der Waals surface area contributed by atoms with Crippen molar-refractivity contribution >= 4 is 22.3 Å². The van der Waals surface area contributed by atoms with E-state index in [0.717, 1.165) is 5.52 Å². The summed E-state index contributed by atoms with van der Waals surface area (Å²) >= 11 is 0. The van der Waals surface area contributed by atoms with Gasteiger partial charge in [0.2, 0.25) is 0 Å². The minimum Gasteiger partial charge on any atom is -0.342 e. The number of aromatic nitrogens is 8. The third-order valence-corrected chi connectivity index (χ3v) is 2.33. The van der Waals surface area contributed by atoms with Crippen molar-refractivity contribution in [2.45, 2.75) is 0 Å². The monoisotopic (exact) mass is 256 g/mol. The highest BCUT2D eigenvalue weighted by Gasteiger charge is 1.97. The summed E-state index contributed by atoms with van der Waals surface area (Å²) < 4.78 is 0. The summed E-state index contributed by atoms with van der Waals surface area (Å²) in [6.45, 7) is 0. The molecule has 9 heteroatoms. The molecule has 0 unspecified atom stereocenters. The van der Waals surface area contributed by atoms with Gasteiger partial charge in [-0.05, 0) is 0 Å². The normalized spacial score (nSPS) is 10.3. The van der Waals surface area contributed by atoms with Crippen LogP contribution in [-0.2, 0) is 0 Å². The second-order valence-electron chi connectivity index (χ2n) is 3.50. The van der Waals surface area contributed by atoms with Crippen LogP contribution in [0.3, 0.4) is 0 Å². The molecule has 19 heavy (non-hydrogen) atoms. The van der Waals surface area contributed by atoms with Gasteiger partial charge in [0.05, 0.1) is 25.2 Å². The number of nitrogens with zero attached hydrogens (tertiary/aromatic N) is 5. The summed E-state index contributed by atoms with van der Waals surface area (Å²) in [7, 11) is 0. The quantitative estimate of drug-likeness (QED) is 0.406. The summed E-state index contributed by atoms with van der Waals surface area (Å²) in [5.74, 6) is 0. The number of fused-ring (bicyclic) bond motifs is 2. The van der Waals surface area contributed by atoms with Crippen LogP contribution in [0.5, 0.6) is 0 Å². The zero-order chi connectivity index (χ0) is 13.1. The van der Waals surface area contributed by atoms with Crippen LogP contribution in [0.2, 0.25) is 0 Å². The lowest BCUT2D eigenvalue weighted by Crippen LogP contribution is -2.05. The molecule has 4 rings (SSSR count). The fourth-order valence-corrected chi connectivity index (χ4v) is 1.47. The predicted molar refractivity (Wildman–Crippen MR) is 66.2 cm³/mol. The Morgan fingerprint density at radius 3 is 2.37 bits per heavy atom. The molecule has 0 aliphatic carbocycles. The Hall–Kier alpha value is -3.10. The van der Waals surface area contributed by atoms with Gasteiger partial charge >= 0.3 is 0 Å². The van der Waals surface area contributed by atoms with Gasteiger partial charge in [-0.25, -0.2) is 24.9 Å². The van der Waals surface area contributed by atoms with Crippen LogP contribution in [0.1, 0.15) is 0 Å². The van der Waals surface area contributed by atoms with Crippen molar-refractivity contribution in [3.05, 3.63) is 41.9 Å². The van der Waals surface area contributed by atoms with Gasteiger partial charge in [0, 0.05) is 0 Å². The van der Waals surface area contributed by atoms with Crippen molar-refractivity contribution < 1.29 is 0 Å². The van der Waals surface area contributed by atoms with Gasteiger partial charge in [0.1, 0.15) is 11.8 Å². The molecule has 9 nitrogen and oxygen atoms in total. The fourth-order valence-electron chi connectivity index (χ4n) is 1.47. The van der Waals surface area contributed by atoms with Gasteiger partial charge in [-0.3, -0.25) is 4.79 Å². The Kier molecular flexibility index (Phi) is 2.69. The zero-order valence-corrected chi connectivity index (χ0v) is 9.53. The van der Waals surface area contributed by atoms with E-state index in [2.05, 4.69) is 39.9 Å². The molecule has 0 amide bonds. The molecule has 4 aromatic heterocycles. The van der Waals surface area contributed by atoms with E-state index in [9.17, 15) is 4.79 Å². The maximum atomic E-state index is 10.9. The molecule has 0 bridgehead atoms. The summed E-state index contributed by atoms with van der Waals surface area (Å²) in [6.07, 6.45) is 7.52. The molecule has 0 radical (unpaired) electrons. The first kappa shape index (κ1) is 11.0. The maximum absolute atomic E-state index is 10.9. The van der Waals surface area contributed by atoms with E-state index in [-0.39, 0.29) is 5.56 Å². The van der Waals surface area contributed by atoms with E-state index in [4.69, 9.17) is 0 Å². The highest BCUT2D eigenvalue weighted by atomic mass is 16.1. The molecule has 0 saturated heterocycles. The number of hydrogen-bond acceptors (Lipinski definition) is 6. The topological polar surface area (TPSA) is 129 Å². The lowest BCUT2D eigenvalue weighted by atomic mass is 10.6. The van der Waals surface area contributed by atoms with E-state index in [1.165, 1.54) is 19.0 Å². The first-order valence-electron chi connectivity index (χ1n) is 5.30. The van der Waals surface area contributed by atoms with Gasteiger partial charge < -0.3 is 15.0 Å². The van der Waals surface area contributed by atoms with Gasteiger partial charge in [-0.2, -0.15) is 0 Å². The van der Waals surface area contributed by atoms with Crippen molar-refractivity contribution in [3.8, 4) is 0 Å². The molecule has 0 saturated carbocycles. The molecule has 0 atom stereocenters. The van der Waals surface area contributed by atoms with Gasteiger partial charge in [-0.1, -0.05) is 0 Å². The average molecular weight is 256 g/mol. The molecule has 0 fully saturated rings. The van der Waals surface area contributed by atoms with Crippen LogP contribution >= 0.6 is 0 Å². The third-order valence-electron chi connectivity index (χ3n) is 2.33. The van der Waals surface area contributed by atoms with Crippen LogP contribution in [0.15, 0.2) is 36.3 Å². The third kappa shape index (κ3) is 2.16. The molecule has 4 heterocycles. The summed E-state index contributed by atoms with van der Waals surface area (Å²) in [4.78, 5) is 38.0. The van der Waals surface area contributed by atoms with Crippen molar-refractivity contribution in [1.82, 2.24) is 39.9 Å². The minimum absolute atomic E-state index is 0.192. The molecule has 0 spiro atoms. The Morgan fingerprint density at radius 2 is 1.58 bits per heavy atom. The zero-order valence-electron chi connectivity index (χ0n) is 9.53. The minimum atomic E-state index is -0.192. The van der Waals surface area contributed by atoms with Crippen molar-refractivity contribution in [3.63, 3.8) is 0 Å². The average Bonchev–Trinajstić information content (AvgIpc) is 3.08. The molecule has 0 aliphatic rings. The molecule has 0 aromatic carbocycles. The first-order valence-corrected chi connectivity index (χ1v) is 5.30. The summed E-state index contributed by atoms with van der Waals surface area (Å²) in [5.41, 5.74) is 2.26. The Labute approximate surface area is 105 Å². The van der Waals surface area contributed by atoms with Gasteiger partial charge in [0.25, 0.3) is 5.56 Å². The summed E-state index contributed by atoms with van der Waals surface area (Å²) in [5, 5.41) is 0. The molecule has 0 aliphatic heterocycles. The Balaban J connectivity index is 0.000000117. The Morgan fingerprint density at radius 1 is 0.842 bits per heavy atom. The number of rotatable bonds is 0. The van der Waals surface area contributed by atoms with E-state index in [0.29, 0.717) is 16.8 Å². The molecular weight excluding hydrogens is 248 g/mol. The van der Waals surface area contributed by atoms with Gasteiger partial charge in [-0.15, -0.1) is 0 Å². The lowest BCUT2D eigenvalue weighted by Gasteiger charge is -1.81. The van der Waals surface area contributed by atoms with Crippen LogP contribution < -0.4 is 5.56 Å². The van der Waals surface area contributed by atoms with E-state index in [1.54, 1.807) is 12.5 Å². The molecule has 3 N–H and O–H groups in total. The number of H-pyrrole nitrogens is 3. The fraction of sp³-hybridized carbons (Fsp3) is 0. The smallest absolute Gasteiger partial charge is 0.276 e. The van der Waals surface area contributed by atoms with Crippen LogP contribution in [0, 0.1) is 0 Å². The standard InChI is InChI=1S/C5H4N4O.C5H4N4/c10-5-3-4(7-1-6-3)8-2-9-5;1-4-5(8-2-6-1)9-3-7-4/h1-2H,(H2,6,7,8,9,10);1-3H,(H,6,7,8,9). The van der Waals surface area contributed by atoms with E-state index in [1.807, 2.05) is 0 Å². The van der Waals surface area contributed by atoms with Crippen molar-refractivity contribution in [2.75, 3.05) is 0 Å². The second-order valence-corrected chi connectivity index (χ2v) is 3.50. The highest BCUT2D eigenvalue weighted by molar-refractivity contribution is 5.67. The number of aromatic amines is 3. The lowest BCUT2D eigenvalue weighted by molar-refractivity contribution is 1.15. The van der Waals surface area contributed by atoms with Crippen LogP contribution in [0.4, 0.5) is 0 Å². The molecule has 4 aromatic rings. The summed E-state index contributed by atoms with van der Waals surface area (Å²) in [6, 6.07) is 0. The van der Waals surface area contributed by atoms with Crippen LogP contribution in [-0.4, -0.2) is 39.9 Å². The predicted octanol–water partition coefficient (Wildman–Crippen LogP) is -0.000900. The SMILES string of the molecule is O=c1[nH]cnc2nc[nH]c12.c1ncc2[nH]cnc2n1. The molecule has 94 valence electrons.